The molecule has 0 aliphatic heterocycles. The Bertz CT molecular complexity index is 385. The average molecular weight is 246 g/mol. The number of nitrogens with one attached hydrogen (secondary N) is 1. The van der Waals surface area contributed by atoms with Crippen LogP contribution in [0.15, 0.2) is 18.3 Å². The van der Waals surface area contributed by atoms with Crippen LogP contribution in [0.1, 0.15) is 25.8 Å². The first kappa shape index (κ1) is 13.5. The number of halogens is 3. The number of carbonyl (C=O) groups excluding carboxylic acids is 1. The molecule has 1 amide bonds. The lowest BCUT2D eigenvalue weighted by molar-refractivity contribution is -0.137. The van der Waals surface area contributed by atoms with Crippen molar-refractivity contribution in [1.82, 2.24) is 4.98 Å². The Morgan fingerprint density at radius 2 is 2.06 bits per heavy atom. The number of alkyl halides is 3. The number of carbonyl (C=O) groups is 1. The van der Waals surface area contributed by atoms with E-state index in [0.717, 1.165) is 12.1 Å². The van der Waals surface area contributed by atoms with Crippen LogP contribution in [-0.2, 0) is 11.0 Å². The number of hydrogen-bond acceptors (Lipinski definition) is 2. The molecule has 0 unspecified atom stereocenters. The van der Waals surface area contributed by atoms with E-state index in [9.17, 15) is 18.0 Å². The number of anilines is 1. The van der Waals surface area contributed by atoms with Gasteiger partial charge in [0.25, 0.3) is 0 Å². The highest BCUT2D eigenvalue weighted by molar-refractivity contribution is 5.89. The van der Waals surface area contributed by atoms with Crippen LogP contribution in [-0.4, -0.2) is 10.9 Å². The van der Waals surface area contributed by atoms with Gasteiger partial charge in [0.1, 0.15) is 5.82 Å². The molecule has 1 heterocycles. The highest BCUT2D eigenvalue weighted by Gasteiger charge is 2.30. The number of rotatable bonds is 3. The van der Waals surface area contributed by atoms with Gasteiger partial charge in [0.05, 0.1) is 5.56 Å². The largest absolute Gasteiger partial charge is 0.417 e. The maximum absolute atomic E-state index is 12.2. The van der Waals surface area contributed by atoms with Crippen LogP contribution in [0, 0.1) is 5.92 Å². The summed E-state index contributed by atoms with van der Waals surface area (Å²) < 4.78 is 36.7. The molecule has 0 spiro atoms. The van der Waals surface area contributed by atoms with Crippen LogP contribution in [0.4, 0.5) is 19.0 Å². The Hall–Kier alpha value is -1.59. The normalized spacial score (nSPS) is 11.6. The third-order valence-electron chi connectivity index (χ3n) is 1.95. The molecule has 0 bridgehead atoms. The molecule has 1 aromatic heterocycles. The van der Waals surface area contributed by atoms with E-state index in [-0.39, 0.29) is 17.6 Å². The number of hydrogen-bond donors (Lipinski definition) is 1. The second-order valence-corrected chi connectivity index (χ2v) is 4.08. The molecule has 1 aromatic rings. The van der Waals surface area contributed by atoms with Crippen molar-refractivity contribution in [3.63, 3.8) is 0 Å². The quantitative estimate of drug-likeness (QED) is 0.890. The van der Waals surface area contributed by atoms with Crippen LogP contribution < -0.4 is 5.32 Å². The van der Waals surface area contributed by atoms with E-state index in [1.165, 1.54) is 0 Å². The summed E-state index contributed by atoms with van der Waals surface area (Å²) in [5.74, 6) is 0.0559. The Labute approximate surface area is 97.0 Å². The van der Waals surface area contributed by atoms with Crippen molar-refractivity contribution in [1.29, 1.82) is 0 Å². The smallest absolute Gasteiger partial charge is 0.311 e. The Kier molecular flexibility index (Phi) is 4.09. The van der Waals surface area contributed by atoms with Gasteiger partial charge in [-0.15, -0.1) is 0 Å². The molecule has 0 aliphatic carbocycles. The molecule has 3 nitrogen and oxygen atoms in total. The fourth-order valence-corrected chi connectivity index (χ4v) is 1.20. The zero-order valence-corrected chi connectivity index (χ0v) is 9.51. The third kappa shape index (κ3) is 4.42. The van der Waals surface area contributed by atoms with Crippen LogP contribution in [0.25, 0.3) is 0 Å². The molecule has 0 atom stereocenters. The highest BCUT2D eigenvalue weighted by atomic mass is 19.4. The molecule has 0 saturated carbocycles. The van der Waals surface area contributed by atoms with Gasteiger partial charge in [0.2, 0.25) is 5.91 Å². The molecule has 0 radical (unpaired) electrons. The van der Waals surface area contributed by atoms with E-state index < -0.39 is 11.7 Å². The highest BCUT2D eigenvalue weighted by Crippen LogP contribution is 2.28. The first-order valence-electron chi connectivity index (χ1n) is 5.12. The second-order valence-electron chi connectivity index (χ2n) is 4.08. The standard InChI is InChI=1S/C11H13F3N2O/c1-7(2)5-10(17)16-9-4-3-8(6-15-9)11(12,13)14/h3-4,6-7H,5H2,1-2H3,(H,15,16,17). The summed E-state index contributed by atoms with van der Waals surface area (Å²) in [6, 6.07) is 2.03. The summed E-state index contributed by atoms with van der Waals surface area (Å²) in [6.07, 6.45) is -3.40. The third-order valence-corrected chi connectivity index (χ3v) is 1.95. The maximum atomic E-state index is 12.2. The van der Waals surface area contributed by atoms with Gasteiger partial charge in [-0.25, -0.2) is 4.98 Å². The predicted molar refractivity (Wildman–Crippen MR) is 57.3 cm³/mol. The molecule has 0 fully saturated rings. The number of aromatic nitrogens is 1. The van der Waals surface area contributed by atoms with Gasteiger partial charge in [-0.05, 0) is 18.1 Å². The minimum Gasteiger partial charge on any atom is -0.311 e. The van der Waals surface area contributed by atoms with E-state index in [1.54, 1.807) is 0 Å². The van der Waals surface area contributed by atoms with Crippen molar-refractivity contribution in [3.05, 3.63) is 23.9 Å². The van der Waals surface area contributed by atoms with E-state index in [0.29, 0.717) is 12.6 Å². The van der Waals surface area contributed by atoms with Crippen molar-refractivity contribution in [2.75, 3.05) is 5.32 Å². The SMILES string of the molecule is CC(C)CC(=O)Nc1ccc(C(F)(F)F)cn1. The fourth-order valence-electron chi connectivity index (χ4n) is 1.20. The summed E-state index contributed by atoms with van der Waals surface area (Å²) in [5, 5.41) is 2.43. The van der Waals surface area contributed by atoms with E-state index in [4.69, 9.17) is 0 Å². The summed E-state index contributed by atoms with van der Waals surface area (Å²) in [7, 11) is 0. The second kappa shape index (κ2) is 5.16. The van der Waals surface area contributed by atoms with Crippen LogP contribution in [0.3, 0.4) is 0 Å². The fraction of sp³-hybridized carbons (Fsp3) is 0.455. The number of pyridine rings is 1. The summed E-state index contributed by atoms with van der Waals surface area (Å²) >= 11 is 0. The number of amides is 1. The molecule has 1 N–H and O–H groups in total. The minimum atomic E-state index is -4.41. The first-order chi connectivity index (χ1) is 7.79. The zero-order chi connectivity index (χ0) is 13.1. The lowest BCUT2D eigenvalue weighted by Crippen LogP contribution is -2.15. The molecule has 1 rings (SSSR count). The predicted octanol–water partition coefficient (Wildman–Crippen LogP) is 3.09. The van der Waals surface area contributed by atoms with Crippen molar-refractivity contribution < 1.29 is 18.0 Å². The molecule has 94 valence electrons. The number of nitrogens with zero attached hydrogens (tertiary/aromatic N) is 1. The Balaban J connectivity index is 2.66. The van der Waals surface area contributed by atoms with Crippen molar-refractivity contribution in [3.8, 4) is 0 Å². The minimum absolute atomic E-state index is 0.128. The topological polar surface area (TPSA) is 42.0 Å². The molecule has 0 aliphatic rings. The zero-order valence-electron chi connectivity index (χ0n) is 9.51. The molecular formula is C11H13F3N2O. The lowest BCUT2D eigenvalue weighted by Gasteiger charge is -2.08. The Morgan fingerprint density at radius 3 is 2.47 bits per heavy atom. The van der Waals surface area contributed by atoms with Crippen molar-refractivity contribution in [2.45, 2.75) is 26.4 Å². The summed E-state index contributed by atoms with van der Waals surface area (Å²) in [6.45, 7) is 3.75. The van der Waals surface area contributed by atoms with Gasteiger partial charge in [-0.1, -0.05) is 13.8 Å². The van der Waals surface area contributed by atoms with Gasteiger partial charge in [0.15, 0.2) is 0 Å². The average Bonchev–Trinajstić information content (AvgIpc) is 2.15. The van der Waals surface area contributed by atoms with E-state index in [1.807, 2.05) is 13.8 Å². The van der Waals surface area contributed by atoms with E-state index >= 15 is 0 Å². The molecule has 17 heavy (non-hydrogen) atoms. The summed E-state index contributed by atoms with van der Waals surface area (Å²) in [4.78, 5) is 14.9. The van der Waals surface area contributed by atoms with Gasteiger partial charge >= 0.3 is 6.18 Å². The molecular weight excluding hydrogens is 233 g/mol. The maximum Gasteiger partial charge on any atom is 0.417 e. The lowest BCUT2D eigenvalue weighted by atomic mass is 10.1. The molecule has 0 aromatic carbocycles. The van der Waals surface area contributed by atoms with Crippen molar-refractivity contribution in [2.24, 2.45) is 5.92 Å². The van der Waals surface area contributed by atoms with Gasteiger partial charge < -0.3 is 5.32 Å². The van der Waals surface area contributed by atoms with Gasteiger partial charge in [-0.2, -0.15) is 13.2 Å². The van der Waals surface area contributed by atoms with Gasteiger partial charge in [0, 0.05) is 12.6 Å². The van der Waals surface area contributed by atoms with Crippen LogP contribution >= 0.6 is 0 Å². The first-order valence-corrected chi connectivity index (χ1v) is 5.12. The van der Waals surface area contributed by atoms with Crippen LogP contribution in [0.5, 0.6) is 0 Å². The molecule has 0 saturated heterocycles. The molecule has 6 heteroatoms. The van der Waals surface area contributed by atoms with Crippen molar-refractivity contribution >= 4 is 11.7 Å². The van der Waals surface area contributed by atoms with Crippen LogP contribution in [0.2, 0.25) is 0 Å². The van der Waals surface area contributed by atoms with E-state index in [2.05, 4.69) is 10.3 Å². The summed E-state index contributed by atoms with van der Waals surface area (Å²) in [5.41, 5.74) is -0.834. The Morgan fingerprint density at radius 1 is 1.41 bits per heavy atom. The monoisotopic (exact) mass is 246 g/mol. The van der Waals surface area contributed by atoms with Gasteiger partial charge in [-0.3, -0.25) is 4.79 Å².